The van der Waals surface area contributed by atoms with E-state index in [1.807, 2.05) is 18.2 Å². The fourth-order valence-corrected chi connectivity index (χ4v) is 4.94. The normalized spacial score (nSPS) is 19.0. The number of rotatable bonds is 8. The molecule has 0 saturated carbocycles. The van der Waals surface area contributed by atoms with Crippen molar-refractivity contribution in [1.29, 1.82) is 0 Å². The Labute approximate surface area is 210 Å². The number of pyridine rings is 2. The van der Waals surface area contributed by atoms with Crippen molar-refractivity contribution in [3.63, 3.8) is 0 Å². The third-order valence-corrected chi connectivity index (χ3v) is 7.11. The number of ether oxygens (including phenoxy) is 2. The highest BCUT2D eigenvalue weighted by Gasteiger charge is 2.39. The third kappa shape index (κ3) is 4.93. The number of nitrogens with zero attached hydrogens (tertiary/aromatic N) is 3. The number of nitrogens with one attached hydrogen (secondary N) is 2. The Hall–Kier alpha value is -3.45. The van der Waals surface area contributed by atoms with E-state index in [9.17, 15) is 19.8 Å². The van der Waals surface area contributed by atoms with Crippen LogP contribution in [0.5, 0.6) is 5.88 Å². The summed E-state index contributed by atoms with van der Waals surface area (Å²) in [5.74, 6) is 0.715. The van der Waals surface area contributed by atoms with Gasteiger partial charge in [0.15, 0.2) is 6.10 Å². The first kappa shape index (κ1) is 24.3. The number of fused-ring (bicyclic) bond motifs is 2. The summed E-state index contributed by atoms with van der Waals surface area (Å²) in [7, 11) is 1.54. The maximum absolute atomic E-state index is 12.5. The molecular weight excluding hydrogens is 486 g/mol. The summed E-state index contributed by atoms with van der Waals surface area (Å²) in [6.45, 7) is 0.499. The van der Waals surface area contributed by atoms with Gasteiger partial charge in [-0.25, -0.2) is 9.78 Å². The molecule has 4 heterocycles. The third-order valence-electron chi connectivity index (χ3n) is 6.04. The monoisotopic (exact) mass is 511 g/mol. The molecule has 0 aliphatic carbocycles. The molecule has 0 radical (unpaired) electrons. The van der Waals surface area contributed by atoms with E-state index in [1.165, 1.54) is 16.7 Å². The van der Waals surface area contributed by atoms with E-state index in [1.54, 1.807) is 31.5 Å². The molecule has 2 aromatic heterocycles. The maximum Gasteiger partial charge on any atom is 0.414 e. The molecule has 1 fully saturated rings. The zero-order valence-electron chi connectivity index (χ0n) is 19.4. The molecule has 3 aromatic rings. The van der Waals surface area contributed by atoms with Gasteiger partial charge in [-0.2, -0.15) is 0 Å². The summed E-state index contributed by atoms with van der Waals surface area (Å²) in [4.78, 5) is 35.2. The molecule has 3 atom stereocenters. The molecule has 12 heteroatoms. The number of amides is 2. The van der Waals surface area contributed by atoms with Crippen LogP contribution in [-0.4, -0.2) is 76.4 Å². The zero-order valence-corrected chi connectivity index (χ0v) is 20.2. The zero-order chi connectivity index (χ0) is 25.2. The molecule has 2 aliphatic heterocycles. The summed E-state index contributed by atoms with van der Waals surface area (Å²) in [5, 5.41) is 27.1. The molecular formula is C24H25N5O6S. The van der Waals surface area contributed by atoms with Gasteiger partial charge in [-0.1, -0.05) is 0 Å². The lowest BCUT2D eigenvalue weighted by molar-refractivity contribution is -0.113. The van der Waals surface area contributed by atoms with Crippen molar-refractivity contribution in [2.75, 3.05) is 36.2 Å². The lowest BCUT2D eigenvalue weighted by Crippen LogP contribution is -2.44. The fraction of sp³-hybridized carbons (Fsp3) is 0.333. The minimum absolute atomic E-state index is 0.0606. The minimum atomic E-state index is -1.30. The predicted molar refractivity (Wildman–Crippen MR) is 133 cm³/mol. The Kier molecular flexibility index (Phi) is 6.92. The lowest BCUT2D eigenvalue weighted by Gasteiger charge is -2.23. The van der Waals surface area contributed by atoms with Crippen LogP contribution in [0.25, 0.3) is 11.0 Å². The molecule has 188 valence electrons. The van der Waals surface area contributed by atoms with Crippen molar-refractivity contribution in [2.45, 2.75) is 29.8 Å². The van der Waals surface area contributed by atoms with Gasteiger partial charge in [-0.15, -0.1) is 11.8 Å². The Balaban J connectivity index is 1.19. The highest BCUT2D eigenvalue weighted by molar-refractivity contribution is 8.00. The number of benzene rings is 1. The summed E-state index contributed by atoms with van der Waals surface area (Å²) >= 11 is 1.43. The number of methoxy groups -OCH3 is 1. The van der Waals surface area contributed by atoms with Crippen LogP contribution in [0.15, 0.2) is 47.5 Å². The van der Waals surface area contributed by atoms with Crippen LogP contribution in [-0.2, 0) is 16.1 Å². The number of carbonyl (C=O) groups is 2. The Morgan fingerprint density at radius 3 is 2.97 bits per heavy atom. The number of aromatic nitrogens is 2. The first-order valence-electron chi connectivity index (χ1n) is 11.3. The maximum atomic E-state index is 12.5. The molecule has 5 rings (SSSR count). The summed E-state index contributed by atoms with van der Waals surface area (Å²) in [6, 6.07) is 10.7. The SMILES string of the molecule is COc1ccc2nccc(CNC[C@H](O)[C@@H](O)C3CN(c4ccc5c(c4)NC(=O)CS5)C(=O)O3)c2n1. The van der Waals surface area contributed by atoms with Gasteiger partial charge < -0.3 is 30.3 Å². The predicted octanol–water partition coefficient (Wildman–Crippen LogP) is 1.52. The van der Waals surface area contributed by atoms with E-state index in [0.29, 0.717) is 40.6 Å². The summed E-state index contributed by atoms with van der Waals surface area (Å²) < 4.78 is 10.5. The molecule has 11 nitrogen and oxygen atoms in total. The van der Waals surface area contributed by atoms with E-state index in [4.69, 9.17) is 9.47 Å². The Morgan fingerprint density at radius 1 is 1.28 bits per heavy atom. The summed E-state index contributed by atoms with van der Waals surface area (Å²) in [5.41, 5.74) is 3.42. The van der Waals surface area contributed by atoms with Gasteiger partial charge in [-0.3, -0.25) is 14.7 Å². The van der Waals surface area contributed by atoms with Gasteiger partial charge >= 0.3 is 6.09 Å². The van der Waals surface area contributed by atoms with Crippen molar-refractivity contribution in [3.8, 4) is 5.88 Å². The molecule has 36 heavy (non-hydrogen) atoms. The smallest absolute Gasteiger partial charge is 0.414 e. The highest BCUT2D eigenvalue weighted by Crippen LogP contribution is 2.35. The van der Waals surface area contributed by atoms with Crippen LogP contribution in [0.2, 0.25) is 0 Å². The lowest BCUT2D eigenvalue weighted by atomic mass is 10.1. The molecule has 1 aromatic carbocycles. The number of carbonyl (C=O) groups excluding carboxylic acids is 2. The van der Waals surface area contributed by atoms with Crippen LogP contribution >= 0.6 is 11.8 Å². The number of cyclic esters (lactones) is 1. The van der Waals surface area contributed by atoms with E-state index in [0.717, 1.165) is 10.5 Å². The van der Waals surface area contributed by atoms with Gasteiger partial charge in [0.1, 0.15) is 6.10 Å². The van der Waals surface area contributed by atoms with Crippen molar-refractivity contribution in [2.24, 2.45) is 0 Å². The quantitative estimate of drug-likeness (QED) is 0.351. The largest absolute Gasteiger partial charge is 0.481 e. The van der Waals surface area contributed by atoms with E-state index in [2.05, 4.69) is 20.6 Å². The number of hydrogen-bond acceptors (Lipinski definition) is 10. The van der Waals surface area contributed by atoms with E-state index in [-0.39, 0.29) is 19.0 Å². The first-order chi connectivity index (χ1) is 17.4. The first-order valence-corrected chi connectivity index (χ1v) is 12.3. The second-order valence-corrected chi connectivity index (χ2v) is 9.45. The number of hydrogen-bond donors (Lipinski definition) is 4. The molecule has 1 unspecified atom stereocenters. The van der Waals surface area contributed by atoms with Gasteiger partial charge in [-0.05, 0) is 35.9 Å². The molecule has 0 spiro atoms. The van der Waals surface area contributed by atoms with Gasteiger partial charge in [0.05, 0.1) is 42.2 Å². The van der Waals surface area contributed by atoms with Crippen LogP contribution < -0.4 is 20.3 Å². The average Bonchev–Trinajstić information content (AvgIpc) is 3.28. The van der Waals surface area contributed by atoms with Crippen LogP contribution in [0.1, 0.15) is 5.56 Å². The number of thioether (sulfide) groups is 1. The average molecular weight is 512 g/mol. The number of anilines is 2. The standard InChI is InChI=1S/C24H25N5O6S/c1-34-21-5-3-15-22(28-21)13(6-7-26-15)9-25-10-17(30)23(32)18-11-29(24(33)35-18)14-2-4-19-16(8-14)27-20(31)12-36-19/h2-8,17-18,23,25,30,32H,9-12H2,1H3,(H,27,31)/t17-,18?,23+/m0/s1. The molecule has 2 amide bonds. The number of aliphatic hydroxyl groups excluding tert-OH is 2. The fourth-order valence-electron chi connectivity index (χ4n) is 4.15. The topological polar surface area (TPSA) is 146 Å². The second kappa shape index (κ2) is 10.3. The molecule has 1 saturated heterocycles. The second-order valence-electron chi connectivity index (χ2n) is 8.43. The number of aliphatic hydroxyl groups is 2. The van der Waals surface area contributed by atoms with Crippen LogP contribution in [0.3, 0.4) is 0 Å². The van der Waals surface area contributed by atoms with Crippen molar-refractivity contribution < 1.29 is 29.3 Å². The molecule has 0 bridgehead atoms. The van der Waals surface area contributed by atoms with Crippen molar-refractivity contribution >= 4 is 46.2 Å². The van der Waals surface area contributed by atoms with E-state index < -0.39 is 24.4 Å². The molecule has 4 N–H and O–H groups in total. The minimum Gasteiger partial charge on any atom is -0.481 e. The Bertz CT molecular complexity index is 1310. The summed E-state index contributed by atoms with van der Waals surface area (Å²) in [6.07, 6.45) is -2.35. The van der Waals surface area contributed by atoms with Crippen LogP contribution in [0.4, 0.5) is 16.2 Å². The van der Waals surface area contributed by atoms with E-state index >= 15 is 0 Å². The van der Waals surface area contributed by atoms with Gasteiger partial charge in [0.25, 0.3) is 0 Å². The van der Waals surface area contributed by atoms with Crippen LogP contribution in [0, 0.1) is 0 Å². The van der Waals surface area contributed by atoms with Crippen molar-refractivity contribution in [1.82, 2.24) is 15.3 Å². The van der Waals surface area contributed by atoms with Gasteiger partial charge in [0.2, 0.25) is 11.8 Å². The highest BCUT2D eigenvalue weighted by atomic mass is 32.2. The van der Waals surface area contributed by atoms with Crippen molar-refractivity contribution in [3.05, 3.63) is 48.2 Å². The molecule has 2 aliphatic rings. The Morgan fingerprint density at radius 2 is 2.14 bits per heavy atom. The van der Waals surface area contributed by atoms with Gasteiger partial charge in [0, 0.05) is 35.9 Å².